The summed E-state index contributed by atoms with van der Waals surface area (Å²) >= 11 is 0. The largest absolute Gasteiger partial charge is 0.388 e. The van der Waals surface area contributed by atoms with Gasteiger partial charge in [-0.3, -0.25) is 4.99 Å². The second-order valence-electron chi connectivity index (χ2n) is 4.48. The summed E-state index contributed by atoms with van der Waals surface area (Å²) in [6, 6.07) is 0. The van der Waals surface area contributed by atoms with E-state index >= 15 is 0 Å². The zero-order valence-electron chi connectivity index (χ0n) is 9.17. The van der Waals surface area contributed by atoms with Gasteiger partial charge in [-0.2, -0.15) is 0 Å². The molecular weight excluding hydrogens is 192 g/mol. The number of nitrogens with one attached hydrogen (secondary N) is 1. The van der Waals surface area contributed by atoms with Gasteiger partial charge in [-0.15, -0.1) is 0 Å². The van der Waals surface area contributed by atoms with Crippen molar-refractivity contribution in [3.63, 3.8) is 0 Å². The molecule has 0 aromatic heterocycles. The highest BCUT2D eigenvalue weighted by molar-refractivity contribution is 5.82. The first kappa shape index (κ1) is 10.9. The molecule has 15 heavy (non-hydrogen) atoms. The van der Waals surface area contributed by atoms with E-state index in [4.69, 9.17) is 4.74 Å². The molecule has 1 saturated heterocycles. The van der Waals surface area contributed by atoms with Crippen molar-refractivity contribution in [2.45, 2.75) is 37.7 Å². The minimum absolute atomic E-state index is 0.585. The normalized spacial score (nSPS) is 25.8. The molecule has 0 aromatic rings. The monoisotopic (exact) mass is 212 g/mol. The number of aliphatic imine (C=N–C) groups is 1. The van der Waals surface area contributed by atoms with Crippen LogP contribution in [0.25, 0.3) is 0 Å². The van der Waals surface area contributed by atoms with Crippen molar-refractivity contribution in [1.82, 2.24) is 5.32 Å². The van der Waals surface area contributed by atoms with Crippen molar-refractivity contribution < 1.29 is 9.84 Å². The first-order chi connectivity index (χ1) is 7.29. The van der Waals surface area contributed by atoms with Crippen LogP contribution in [0.1, 0.15) is 32.1 Å². The molecule has 0 amide bonds. The number of rotatable bonds is 2. The second-order valence-corrected chi connectivity index (χ2v) is 4.48. The van der Waals surface area contributed by atoms with Gasteiger partial charge in [0, 0.05) is 45.6 Å². The Morgan fingerprint density at radius 2 is 2.13 bits per heavy atom. The zero-order valence-corrected chi connectivity index (χ0v) is 9.17. The Morgan fingerprint density at radius 3 is 2.80 bits per heavy atom. The first-order valence-electron chi connectivity index (χ1n) is 5.86. The van der Waals surface area contributed by atoms with E-state index in [0.717, 1.165) is 31.6 Å². The van der Waals surface area contributed by atoms with Crippen LogP contribution < -0.4 is 5.32 Å². The summed E-state index contributed by atoms with van der Waals surface area (Å²) in [5.41, 5.74) is -0.585. The van der Waals surface area contributed by atoms with E-state index in [1.807, 2.05) is 0 Å². The second kappa shape index (κ2) is 4.94. The molecule has 2 aliphatic rings. The fourth-order valence-corrected chi connectivity index (χ4v) is 2.04. The molecule has 0 radical (unpaired) electrons. The summed E-state index contributed by atoms with van der Waals surface area (Å²) in [5.74, 6) is 1.07. The number of aliphatic hydroxyl groups is 1. The van der Waals surface area contributed by atoms with Crippen molar-refractivity contribution >= 4 is 5.84 Å². The first-order valence-corrected chi connectivity index (χ1v) is 5.86. The van der Waals surface area contributed by atoms with Gasteiger partial charge in [-0.25, -0.2) is 0 Å². The van der Waals surface area contributed by atoms with E-state index in [2.05, 4.69) is 10.3 Å². The summed E-state index contributed by atoms with van der Waals surface area (Å²) in [6.07, 6.45) is 4.91. The quantitative estimate of drug-likeness (QED) is 0.708. The van der Waals surface area contributed by atoms with Gasteiger partial charge in [0.2, 0.25) is 0 Å². The Balaban J connectivity index is 1.78. The van der Waals surface area contributed by atoms with Gasteiger partial charge in [0.15, 0.2) is 0 Å². The molecule has 0 spiro atoms. The molecule has 0 saturated carbocycles. The summed E-state index contributed by atoms with van der Waals surface area (Å²) < 4.78 is 5.24. The lowest BCUT2D eigenvalue weighted by Gasteiger charge is -2.32. The van der Waals surface area contributed by atoms with Gasteiger partial charge < -0.3 is 15.2 Å². The maximum atomic E-state index is 10.2. The van der Waals surface area contributed by atoms with Crippen LogP contribution in [0.15, 0.2) is 4.99 Å². The van der Waals surface area contributed by atoms with E-state index in [1.54, 1.807) is 0 Å². The third-order valence-electron chi connectivity index (χ3n) is 3.17. The molecule has 0 atom stereocenters. The van der Waals surface area contributed by atoms with Gasteiger partial charge in [0.1, 0.15) is 0 Å². The smallest absolute Gasteiger partial charge is 0.0964 e. The standard InChI is InChI=1S/C11H20N2O2/c14-11(4-7-15-8-5-11)9-13-10-3-1-2-6-12-10/h14H,1-9H2,(H,12,13). The highest BCUT2D eigenvalue weighted by Crippen LogP contribution is 2.19. The Kier molecular flexibility index (Phi) is 3.59. The minimum atomic E-state index is -0.585. The average molecular weight is 212 g/mol. The molecule has 4 nitrogen and oxygen atoms in total. The van der Waals surface area contributed by atoms with Gasteiger partial charge in [0.25, 0.3) is 0 Å². The molecule has 0 aliphatic carbocycles. The van der Waals surface area contributed by atoms with E-state index in [-0.39, 0.29) is 0 Å². The van der Waals surface area contributed by atoms with Gasteiger partial charge >= 0.3 is 0 Å². The molecule has 2 aliphatic heterocycles. The van der Waals surface area contributed by atoms with Gasteiger partial charge in [-0.05, 0) is 12.8 Å². The Bertz CT molecular complexity index is 235. The van der Waals surface area contributed by atoms with E-state index in [1.165, 1.54) is 12.8 Å². The van der Waals surface area contributed by atoms with Crippen LogP contribution in [0.4, 0.5) is 0 Å². The number of amidine groups is 1. The molecule has 2 N–H and O–H groups in total. The van der Waals surface area contributed by atoms with Crippen LogP contribution in [-0.4, -0.2) is 42.8 Å². The Hall–Kier alpha value is -0.610. The molecule has 0 aromatic carbocycles. The fraction of sp³-hybridized carbons (Fsp3) is 0.909. The maximum Gasteiger partial charge on any atom is 0.0964 e. The van der Waals surface area contributed by atoms with Gasteiger partial charge in [-0.1, -0.05) is 0 Å². The summed E-state index contributed by atoms with van der Waals surface area (Å²) in [7, 11) is 0. The van der Waals surface area contributed by atoms with Crippen LogP contribution in [0, 0.1) is 0 Å². The molecule has 86 valence electrons. The number of ether oxygens (including phenoxy) is 1. The molecule has 2 heterocycles. The zero-order chi connectivity index (χ0) is 10.6. The van der Waals surface area contributed by atoms with Crippen LogP contribution in [0.2, 0.25) is 0 Å². The lowest BCUT2D eigenvalue weighted by atomic mass is 9.94. The van der Waals surface area contributed by atoms with Crippen LogP contribution in [-0.2, 0) is 4.74 Å². The van der Waals surface area contributed by atoms with Crippen molar-refractivity contribution in [2.75, 3.05) is 26.3 Å². The van der Waals surface area contributed by atoms with Crippen LogP contribution in [0.3, 0.4) is 0 Å². The predicted octanol–water partition coefficient (Wildman–Crippen LogP) is 0.700. The lowest BCUT2D eigenvalue weighted by molar-refractivity contribution is -0.0593. The topological polar surface area (TPSA) is 53.8 Å². The van der Waals surface area contributed by atoms with Gasteiger partial charge in [0.05, 0.1) is 11.4 Å². The van der Waals surface area contributed by atoms with Crippen LogP contribution >= 0.6 is 0 Å². The average Bonchev–Trinajstić information content (AvgIpc) is 2.29. The number of hydrogen-bond donors (Lipinski definition) is 2. The minimum Gasteiger partial charge on any atom is -0.388 e. The molecular formula is C11H20N2O2. The molecule has 0 unspecified atom stereocenters. The third-order valence-corrected chi connectivity index (χ3v) is 3.17. The highest BCUT2D eigenvalue weighted by atomic mass is 16.5. The summed E-state index contributed by atoms with van der Waals surface area (Å²) in [6.45, 7) is 2.90. The SMILES string of the molecule is OC1(CNC2=NCCCC2)CCOCC1. The highest BCUT2D eigenvalue weighted by Gasteiger charge is 2.29. The van der Waals surface area contributed by atoms with Crippen LogP contribution in [0.5, 0.6) is 0 Å². The molecule has 2 rings (SSSR count). The van der Waals surface area contributed by atoms with Crippen molar-refractivity contribution in [3.8, 4) is 0 Å². The third kappa shape index (κ3) is 3.18. The predicted molar refractivity (Wildman–Crippen MR) is 59.2 cm³/mol. The van der Waals surface area contributed by atoms with Crippen molar-refractivity contribution in [2.24, 2.45) is 4.99 Å². The number of hydrogen-bond acceptors (Lipinski definition) is 4. The van der Waals surface area contributed by atoms with Crippen molar-refractivity contribution in [3.05, 3.63) is 0 Å². The van der Waals surface area contributed by atoms with E-state index in [0.29, 0.717) is 19.8 Å². The summed E-state index contributed by atoms with van der Waals surface area (Å²) in [4.78, 5) is 4.41. The Morgan fingerprint density at radius 1 is 1.33 bits per heavy atom. The molecule has 0 bridgehead atoms. The summed E-state index contributed by atoms with van der Waals surface area (Å²) in [5, 5.41) is 13.5. The maximum absolute atomic E-state index is 10.2. The lowest BCUT2D eigenvalue weighted by Crippen LogP contribution is -2.46. The van der Waals surface area contributed by atoms with Crippen molar-refractivity contribution in [1.29, 1.82) is 0 Å². The molecule has 4 heteroatoms. The molecule has 1 fully saturated rings. The van der Waals surface area contributed by atoms with E-state index in [9.17, 15) is 5.11 Å². The Labute approximate surface area is 90.7 Å². The number of nitrogens with zero attached hydrogens (tertiary/aromatic N) is 1. The fourth-order valence-electron chi connectivity index (χ4n) is 2.04. The van der Waals surface area contributed by atoms with E-state index < -0.39 is 5.60 Å².